The van der Waals surface area contributed by atoms with E-state index in [1.807, 2.05) is 32.3 Å². The van der Waals surface area contributed by atoms with Crippen molar-refractivity contribution in [3.63, 3.8) is 0 Å². The summed E-state index contributed by atoms with van der Waals surface area (Å²) >= 11 is 0. The average Bonchev–Trinajstić information content (AvgIpc) is 3.22. The number of rotatable bonds is 7. The Labute approximate surface area is 162 Å². The van der Waals surface area contributed by atoms with E-state index in [0.29, 0.717) is 13.1 Å². The molecule has 5 heteroatoms. The lowest BCUT2D eigenvalue weighted by Gasteiger charge is -2.28. The molecule has 2 aromatic carbocycles. The van der Waals surface area contributed by atoms with Gasteiger partial charge in [-0.1, -0.05) is 42.5 Å². The predicted molar refractivity (Wildman–Crippen MR) is 111 cm³/mol. The number of nitrogens with zero attached hydrogens (tertiary/aromatic N) is 2. The number of urea groups is 1. The Morgan fingerprint density at radius 1 is 1.04 bits per heavy atom. The molecule has 0 saturated carbocycles. The van der Waals surface area contributed by atoms with Crippen LogP contribution in [0.1, 0.15) is 30.0 Å². The molecule has 0 spiro atoms. The molecular weight excluding hydrogens is 336 g/mol. The minimum absolute atomic E-state index is 0.120. The number of likely N-dealkylation sites (tertiary alicyclic amines) is 1. The van der Waals surface area contributed by atoms with Crippen molar-refractivity contribution in [3.05, 3.63) is 65.7 Å². The number of carbonyl (C=O) groups excluding carboxylic acids is 1. The summed E-state index contributed by atoms with van der Waals surface area (Å²) in [6.45, 7) is 3.33. The van der Waals surface area contributed by atoms with Crippen molar-refractivity contribution in [2.45, 2.75) is 25.4 Å². The van der Waals surface area contributed by atoms with Crippen LogP contribution in [-0.2, 0) is 6.54 Å². The Morgan fingerprint density at radius 3 is 2.48 bits per heavy atom. The van der Waals surface area contributed by atoms with Gasteiger partial charge in [-0.2, -0.15) is 0 Å². The minimum atomic E-state index is -0.120. The van der Waals surface area contributed by atoms with Gasteiger partial charge in [-0.3, -0.25) is 4.90 Å². The van der Waals surface area contributed by atoms with Crippen LogP contribution < -0.4 is 15.5 Å². The fourth-order valence-corrected chi connectivity index (χ4v) is 3.57. The van der Waals surface area contributed by atoms with E-state index in [-0.39, 0.29) is 12.1 Å². The molecule has 1 heterocycles. The first kappa shape index (κ1) is 19.2. The Morgan fingerprint density at radius 2 is 1.78 bits per heavy atom. The van der Waals surface area contributed by atoms with E-state index >= 15 is 0 Å². The van der Waals surface area contributed by atoms with E-state index in [9.17, 15) is 4.79 Å². The Hall–Kier alpha value is -2.53. The van der Waals surface area contributed by atoms with E-state index in [1.54, 1.807) is 0 Å². The van der Waals surface area contributed by atoms with Gasteiger partial charge in [0.15, 0.2) is 0 Å². The molecular formula is C22H30N4O. The molecule has 0 aliphatic carbocycles. The fraction of sp³-hybridized carbons (Fsp3) is 0.409. The van der Waals surface area contributed by atoms with Gasteiger partial charge < -0.3 is 15.5 Å². The second-order valence-corrected chi connectivity index (χ2v) is 7.30. The molecule has 0 bridgehead atoms. The molecule has 5 nitrogen and oxygen atoms in total. The third-order valence-electron chi connectivity index (χ3n) is 5.10. The molecule has 1 atom stereocenters. The maximum Gasteiger partial charge on any atom is 0.315 e. The first-order chi connectivity index (χ1) is 13.1. The van der Waals surface area contributed by atoms with Crippen LogP contribution in [0.25, 0.3) is 0 Å². The quantitative estimate of drug-likeness (QED) is 0.790. The maximum atomic E-state index is 12.3. The van der Waals surface area contributed by atoms with Crippen LogP contribution in [0.15, 0.2) is 54.6 Å². The Kier molecular flexibility index (Phi) is 6.71. The van der Waals surface area contributed by atoms with E-state index < -0.39 is 0 Å². The van der Waals surface area contributed by atoms with Crippen molar-refractivity contribution < 1.29 is 4.79 Å². The molecule has 2 N–H and O–H groups in total. The van der Waals surface area contributed by atoms with Crippen LogP contribution in [0.3, 0.4) is 0 Å². The van der Waals surface area contributed by atoms with E-state index in [1.165, 1.54) is 18.4 Å². The standard InChI is InChI=1S/C22H30N4O/c1-25(2)20-12-8-9-18(15-20)16-23-22(27)24-17-21(26-13-6-7-14-26)19-10-4-3-5-11-19/h3-5,8-12,15,21H,6-7,13-14,16-17H2,1-2H3,(H2,23,24,27). The van der Waals surface area contributed by atoms with Crippen LogP contribution in [0.2, 0.25) is 0 Å². The summed E-state index contributed by atoms with van der Waals surface area (Å²) in [6.07, 6.45) is 2.47. The molecule has 0 aromatic heterocycles. The van der Waals surface area contributed by atoms with Gasteiger partial charge in [0.05, 0.1) is 6.04 Å². The zero-order valence-electron chi connectivity index (χ0n) is 16.3. The normalized spacial score (nSPS) is 15.3. The highest BCUT2D eigenvalue weighted by Crippen LogP contribution is 2.24. The number of amides is 2. The first-order valence-corrected chi connectivity index (χ1v) is 9.70. The predicted octanol–water partition coefficient (Wildman–Crippen LogP) is 3.39. The van der Waals surface area contributed by atoms with Crippen molar-refractivity contribution >= 4 is 11.7 Å². The van der Waals surface area contributed by atoms with Crippen LogP contribution >= 0.6 is 0 Å². The van der Waals surface area contributed by atoms with Gasteiger partial charge in [0, 0.05) is 32.9 Å². The summed E-state index contributed by atoms with van der Waals surface area (Å²) in [4.78, 5) is 16.9. The van der Waals surface area contributed by atoms with Crippen molar-refractivity contribution in [2.24, 2.45) is 0 Å². The summed E-state index contributed by atoms with van der Waals surface area (Å²) in [6, 6.07) is 18.8. The van der Waals surface area contributed by atoms with E-state index in [2.05, 4.69) is 56.8 Å². The highest BCUT2D eigenvalue weighted by Gasteiger charge is 2.23. The molecule has 3 rings (SSSR count). The van der Waals surface area contributed by atoms with Gasteiger partial charge in [0.2, 0.25) is 0 Å². The molecule has 1 aliphatic rings. The van der Waals surface area contributed by atoms with Gasteiger partial charge in [-0.15, -0.1) is 0 Å². The van der Waals surface area contributed by atoms with Crippen LogP contribution in [0, 0.1) is 0 Å². The molecule has 1 aliphatic heterocycles. The summed E-state index contributed by atoms with van der Waals surface area (Å²) in [5.41, 5.74) is 3.49. The van der Waals surface area contributed by atoms with Gasteiger partial charge in [-0.05, 0) is 49.2 Å². The van der Waals surface area contributed by atoms with Crippen molar-refractivity contribution in [1.82, 2.24) is 15.5 Å². The summed E-state index contributed by atoms with van der Waals surface area (Å²) < 4.78 is 0. The number of anilines is 1. The maximum absolute atomic E-state index is 12.3. The lowest BCUT2D eigenvalue weighted by Crippen LogP contribution is -2.41. The van der Waals surface area contributed by atoms with Crippen molar-refractivity contribution in [2.75, 3.05) is 38.6 Å². The number of hydrogen-bond acceptors (Lipinski definition) is 3. The van der Waals surface area contributed by atoms with Gasteiger partial charge in [-0.25, -0.2) is 4.79 Å². The highest BCUT2D eigenvalue weighted by molar-refractivity contribution is 5.74. The van der Waals surface area contributed by atoms with Gasteiger partial charge in [0.25, 0.3) is 0 Å². The number of nitrogens with one attached hydrogen (secondary N) is 2. The lowest BCUT2D eigenvalue weighted by atomic mass is 10.1. The largest absolute Gasteiger partial charge is 0.378 e. The fourth-order valence-electron chi connectivity index (χ4n) is 3.57. The minimum Gasteiger partial charge on any atom is -0.378 e. The molecule has 1 fully saturated rings. The van der Waals surface area contributed by atoms with Crippen molar-refractivity contribution in [3.8, 4) is 0 Å². The summed E-state index contributed by atoms with van der Waals surface area (Å²) in [7, 11) is 4.03. The average molecular weight is 367 g/mol. The molecule has 2 aromatic rings. The molecule has 0 radical (unpaired) electrons. The van der Waals surface area contributed by atoms with Gasteiger partial charge >= 0.3 is 6.03 Å². The van der Waals surface area contributed by atoms with Crippen LogP contribution in [0.4, 0.5) is 10.5 Å². The number of hydrogen-bond donors (Lipinski definition) is 2. The third kappa shape index (κ3) is 5.47. The zero-order chi connectivity index (χ0) is 19.1. The summed E-state index contributed by atoms with van der Waals surface area (Å²) in [5, 5.41) is 6.04. The van der Waals surface area contributed by atoms with Gasteiger partial charge in [0.1, 0.15) is 0 Å². The van der Waals surface area contributed by atoms with Crippen LogP contribution in [-0.4, -0.2) is 44.7 Å². The van der Waals surface area contributed by atoms with Crippen LogP contribution in [0.5, 0.6) is 0 Å². The third-order valence-corrected chi connectivity index (χ3v) is 5.10. The zero-order valence-corrected chi connectivity index (χ0v) is 16.3. The first-order valence-electron chi connectivity index (χ1n) is 9.70. The highest BCUT2D eigenvalue weighted by atomic mass is 16.2. The Balaban J connectivity index is 1.54. The van der Waals surface area contributed by atoms with E-state index in [4.69, 9.17) is 0 Å². The summed E-state index contributed by atoms with van der Waals surface area (Å²) in [5.74, 6) is 0. The second-order valence-electron chi connectivity index (χ2n) is 7.30. The molecule has 27 heavy (non-hydrogen) atoms. The molecule has 144 valence electrons. The molecule has 1 unspecified atom stereocenters. The van der Waals surface area contributed by atoms with E-state index in [0.717, 1.165) is 24.3 Å². The topological polar surface area (TPSA) is 47.6 Å². The molecule has 1 saturated heterocycles. The molecule has 2 amide bonds. The van der Waals surface area contributed by atoms with Crippen molar-refractivity contribution in [1.29, 1.82) is 0 Å². The number of carbonyl (C=O) groups is 1. The monoisotopic (exact) mass is 366 g/mol. The lowest BCUT2D eigenvalue weighted by molar-refractivity contribution is 0.220. The number of benzene rings is 2. The SMILES string of the molecule is CN(C)c1cccc(CNC(=O)NCC(c2ccccc2)N2CCCC2)c1. The second kappa shape index (κ2) is 9.42. The Bertz CT molecular complexity index is 726. The smallest absolute Gasteiger partial charge is 0.315 e.